The lowest BCUT2D eigenvalue weighted by atomic mass is 9.90. The lowest BCUT2D eigenvalue weighted by Gasteiger charge is -2.22. The van der Waals surface area contributed by atoms with Gasteiger partial charge in [0, 0.05) is 26.2 Å². The van der Waals surface area contributed by atoms with Crippen LogP contribution >= 0.6 is 0 Å². The van der Waals surface area contributed by atoms with Crippen molar-refractivity contribution < 1.29 is 9.59 Å². The summed E-state index contributed by atoms with van der Waals surface area (Å²) in [5.41, 5.74) is 9.27. The van der Waals surface area contributed by atoms with Crippen LogP contribution < -0.4 is 5.73 Å². The molecule has 0 bridgehead atoms. The molecule has 1 saturated heterocycles. The van der Waals surface area contributed by atoms with Gasteiger partial charge >= 0.3 is 0 Å². The first-order valence-corrected chi connectivity index (χ1v) is 9.01. The van der Waals surface area contributed by atoms with E-state index in [2.05, 4.69) is 18.2 Å². The maximum atomic E-state index is 12.6. The quantitative estimate of drug-likeness (QED) is 0.900. The first-order chi connectivity index (χ1) is 11.6. The van der Waals surface area contributed by atoms with Crippen molar-refractivity contribution >= 4 is 11.8 Å². The van der Waals surface area contributed by atoms with E-state index in [9.17, 15) is 9.59 Å². The van der Waals surface area contributed by atoms with Gasteiger partial charge in [-0.15, -0.1) is 0 Å². The van der Waals surface area contributed by atoms with Gasteiger partial charge in [0.25, 0.3) is 0 Å². The SMILES string of the molecule is NC(=O)CN1CCCN(C(=O)Cc2ccc3c(c2)CCCC3)CC1. The molecule has 1 aromatic carbocycles. The number of hydrogen-bond acceptors (Lipinski definition) is 3. The second-order valence-corrected chi connectivity index (χ2v) is 6.96. The van der Waals surface area contributed by atoms with Gasteiger partial charge in [0.15, 0.2) is 0 Å². The molecule has 1 fully saturated rings. The molecule has 3 rings (SSSR count). The molecule has 24 heavy (non-hydrogen) atoms. The highest BCUT2D eigenvalue weighted by Gasteiger charge is 2.20. The number of benzene rings is 1. The van der Waals surface area contributed by atoms with Gasteiger partial charge in [-0.1, -0.05) is 18.2 Å². The van der Waals surface area contributed by atoms with Crippen LogP contribution in [0.3, 0.4) is 0 Å². The van der Waals surface area contributed by atoms with Crippen LogP contribution in [0.15, 0.2) is 18.2 Å². The van der Waals surface area contributed by atoms with Gasteiger partial charge in [0.1, 0.15) is 0 Å². The van der Waals surface area contributed by atoms with Crippen LogP contribution in [0, 0.1) is 0 Å². The lowest BCUT2D eigenvalue weighted by molar-refractivity contribution is -0.130. The second kappa shape index (κ2) is 7.79. The predicted octanol–water partition coefficient (Wildman–Crippen LogP) is 1.13. The highest BCUT2D eigenvalue weighted by atomic mass is 16.2. The van der Waals surface area contributed by atoms with E-state index in [1.165, 1.54) is 30.4 Å². The van der Waals surface area contributed by atoms with Crippen molar-refractivity contribution in [1.82, 2.24) is 9.80 Å². The third kappa shape index (κ3) is 4.35. The Morgan fingerprint density at radius 3 is 2.54 bits per heavy atom. The maximum absolute atomic E-state index is 12.6. The molecule has 1 aliphatic carbocycles. The van der Waals surface area contributed by atoms with Gasteiger partial charge in [-0.05, 0) is 48.8 Å². The Kier molecular flexibility index (Phi) is 5.51. The molecule has 1 aliphatic heterocycles. The number of amides is 2. The normalized spacial score (nSPS) is 18.8. The van der Waals surface area contributed by atoms with Crippen molar-refractivity contribution in [2.24, 2.45) is 5.73 Å². The summed E-state index contributed by atoms with van der Waals surface area (Å²) < 4.78 is 0. The lowest BCUT2D eigenvalue weighted by Crippen LogP contribution is -2.38. The van der Waals surface area contributed by atoms with E-state index in [0.29, 0.717) is 13.0 Å². The van der Waals surface area contributed by atoms with E-state index >= 15 is 0 Å². The summed E-state index contributed by atoms with van der Waals surface area (Å²) in [6.07, 6.45) is 6.22. The Morgan fingerprint density at radius 2 is 1.75 bits per heavy atom. The average Bonchev–Trinajstić information content (AvgIpc) is 2.80. The third-order valence-electron chi connectivity index (χ3n) is 5.09. The Labute approximate surface area is 143 Å². The fourth-order valence-electron chi connectivity index (χ4n) is 3.78. The first-order valence-electron chi connectivity index (χ1n) is 9.01. The van der Waals surface area contributed by atoms with Crippen molar-refractivity contribution in [3.8, 4) is 0 Å². The van der Waals surface area contributed by atoms with Crippen molar-refractivity contribution in [1.29, 1.82) is 0 Å². The first kappa shape index (κ1) is 17.0. The minimum absolute atomic E-state index is 0.187. The van der Waals surface area contributed by atoms with E-state index in [1.807, 2.05) is 9.80 Å². The minimum Gasteiger partial charge on any atom is -0.369 e. The highest BCUT2D eigenvalue weighted by Crippen LogP contribution is 2.22. The Balaban J connectivity index is 1.57. The Morgan fingerprint density at radius 1 is 0.958 bits per heavy atom. The number of carbonyl (C=O) groups is 2. The summed E-state index contributed by atoms with van der Waals surface area (Å²) in [5.74, 6) is -0.115. The molecule has 0 aromatic heterocycles. The van der Waals surface area contributed by atoms with Crippen LogP contribution in [0.4, 0.5) is 0 Å². The zero-order valence-electron chi connectivity index (χ0n) is 14.3. The van der Waals surface area contributed by atoms with E-state index < -0.39 is 0 Å². The summed E-state index contributed by atoms with van der Waals surface area (Å²) in [4.78, 5) is 27.7. The van der Waals surface area contributed by atoms with E-state index in [1.54, 1.807) is 0 Å². The monoisotopic (exact) mass is 329 g/mol. The molecule has 2 aliphatic rings. The number of rotatable bonds is 4. The molecule has 0 atom stereocenters. The summed E-state index contributed by atoms with van der Waals surface area (Å²) in [5, 5.41) is 0. The van der Waals surface area contributed by atoms with Crippen LogP contribution in [0.2, 0.25) is 0 Å². The number of carbonyl (C=O) groups excluding carboxylic acids is 2. The van der Waals surface area contributed by atoms with E-state index in [-0.39, 0.29) is 18.4 Å². The summed E-state index contributed by atoms with van der Waals surface area (Å²) in [6.45, 7) is 3.27. The minimum atomic E-state index is -0.302. The number of nitrogens with two attached hydrogens (primary N) is 1. The number of nitrogens with zero attached hydrogens (tertiary/aromatic N) is 2. The van der Waals surface area contributed by atoms with Gasteiger partial charge in [-0.3, -0.25) is 14.5 Å². The van der Waals surface area contributed by atoms with E-state index in [0.717, 1.165) is 38.0 Å². The van der Waals surface area contributed by atoms with Crippen LogP contribution in [0.5, 0.6) is 0 Å². The smallest absolute Gasteiger partial charge is 0.231 e. The molecule has 5 heteroatoms. The topological polar surface area (TPSA) is 66.6 Å². The fraction of sp³-hybridized carbons (Fsp3) is 0.579. The molecule has 0 radical (unpaired) electrons. The molecule has 2 amide bonds. The molecule has 5 nitrogen and oxygen atoms in total. The molecular weight excluding hydrogens is 302 g/mol. The molecule has 1 aromatic rings. The molecule has 0 saturated carbocycles. The van der Waals surface area contributed by atoms with Gasteiger partial charge < -0.3 is 10.6 Å². The summed E-state index contributed by atoms with van der Waals surface area (Å²) >= 11 is 0. The van der Waals surface area contributed by atoms with Crippen molar-refractivity contribution in [3.05, 3.63) is 34.9 Å². The maximum Gasteiger partial charge on any atom is 0.231 e. The second-order valence-electron chi connectivity index (χ2n) is 6.96. The number of hydrogen-bond donors (Lipinski definition) is 1. The molecule has 2 N–H and O–H groups in total. The molecule has 0 unspecified atom stereocenters. The van der Waals surface area contributed by atoms with E-state index in [4.69, 9.17) is 5.73 Å². The van der Waals surface area contributed by atoms with Crippen molar-refractivity contribution in [2.45, 2.75) is 38.5 Å². The molecular formula is C19H27N3O2. The van der Waals surface area contributed by atoms with Gasteiger partial charge in [-0.25, -0.2) is 0 Å². The van der Waals surface area contributed by atoms with Crippen molar-refractivity contribution in [2.75, 3.05) is 32.7 Å². The van der Waals surface area contributed by atoms with Crippen LogP contribution in [-0.2, 0) is 28.9 Å². The number of primary amides is 1. The highest BCUT2D eigenvalue weighted by molar-refractivity contribution is 5.79. The fourth-order valence-corrected chi connectivity index (χ4v) is 3.78. The molecule has 130 valence electrons. The number of fused-ring (bicyclic) bond motifs is 1. The van der Waals surface area contributed by atoms with Crippen LogP contribution in [0.25, 0.3) is 0 Å². The van der Waals surface area contributed by atoms with Gasteiger partial charge in [0.05, 0.1) is 13.0 Å². The Hall–Kier alpha value is -1.88. The van der Waals surface area contributed by atoms with Crippen molar-refractivity contribution in [3.63, 3.8) is 0 Å². The average molecular weight is 329 g/mol. The molecule has 1 heterocycles. The van der Waals surface area contributed by atoms with Gasteiger partial charge in [0.2, 0.25) is 11.8 Å². The third-order valence-corrected chi connectivity index (χ3v) is 5.09. The largest absolute Gasteiger partial charge is 0.369 e. The standard InChI is InChI=1S/C19H27N3O2/c20-18(23)14-21-8-3-9-22(11-10-21)19(24)13-15-6-7-16-4-1-2-5-17(16)12-15/h6-7,12H,1-5,8-11,13-14H2,(H2,20,23). The van der Waals surface area contributed by atoms with Crippen LogP contribution in [0.1, 0.15) is 36.0 Å². The molecule has 0 spiro atoms. The van der Waals surface area contributed by atoms with Gasteiger partial charge in [-0.2, -0.15) is 0 Å². The summed E-state index contributed by atoms with van der Waals surface area (Å²) in [6, 6.07) is 6.54. The predicted molar refractivity (Wildman–Crippen MR) is 93.6 cm³/mol. The summed E-state index contributed by atoms with van der Waals surface area (Å²) in [7, 11) is 0. The number of aryl methyl sites for hydroxylation is 2. The zero-order valence-corrected chi connectivity index (χ0v) is 14.3. The van der Waals surface area contributed by atoms with Crippen LogP contribution in [-0.4, -0.2) is 54.3 Å². The Bertz CT molecular complexity index is 615. The zero-order chi connectivity index (χ0) is 16.9.